The van der Waals surface area contributed by atoms with Crippen molar-refractivity contribution in [2.45, 2.75) is 6.61 Å². The highest BCUT2D eigenvalue weighted by molar-refractivity contribution is 14.1. The summed E-state index contributed by atoms with van der Waals surface area (Å²) in [6, 6.07) is 14.5. The number of nitro groups is 1. The van der Waals surface area contributed by atoms with Crippen LogP contribution in [-0.4, -0.2) is 17.9 Å². The van der Waals surface area contributed by atoms with E-state index < -0.39 is 10.8 Å². The summed E-state index contributed by atoms with van der Waals surface area (Å²) < 4.78 is 12.1. The molecule has 3 aromatic carbocycles. The number of hydrogen-bond acceptors (Lipinski definition) is 6. The number of benzene rings is 3. The van der Waals surface area contributed by atoms with E-state index >= 15 is 0 Å². The van der Waals surface area contributed by atoms with Crippen molar-refractivity contribution in [3.63, 3.8) is 0 Å². The van der Waals surface area contributed by atoms with Crippen LogP contribution in [-0.2, 0) is 11.4 Å². The Morgan fingerprint density at radius 3 is 2.36 bits per heavy atom. The Morgan fingerprint density at radius 1 is 1.17 bits per heavy atom. The van der Waals surface area contributed by atoms with Crippen LogP contribution in [0.15, 0.2) is 54.1 Å². The number of nitrogens with zero attached hydrogens (tertiary/aromatic N) is 2. The molecule has 8 nitrogen and oxygen atoms in total. The molecule has 36 heavy (non-hydrogen) atoms. The summed E-state index contributed by atoms with van der Waals surface area (Å²) in [7, 11) is 1.48. The summed E-state index contributed by atoms with van der Waals surface area (Å²) in [4.78, 5) is 23.0. The smallest absolute Gasteiger partial charge is 0.272 e. The van der Waals surface area contributed by atoms with E-state index in [2.05, 4.69) is 27.9 Å². The first-order chi connectivity index (χ1) is 17.1. The van der Waals surface area contributed by atoms with E-state index in [4.69, 9.17) is 44.3 Å². The maximum atomic E-state index is 12.7. The lowest BCUT2D eigenvalue weighted by atomic mass is 10.1. The predicted octanol–water partition coefficient (Wildman–Crippen LogP) is 7.29. The number of anilines is 1. The zero-order valence-electron chi connectivity index (χ0n) is 18.4. The first-order valence-electron chi connectivity index (χ1n) is 9.94. The Balaban J connectivity index is 1.84. The topological polar surface area (TPSA) is 114 Å². The quantitative estimate of drug-likeness (QED) is 0.0894. The molecule has 0 heterocycles. The Labute approximate surface area is 234 Å². The van der Waals surface area contributed by atoms with Crippen molar-refractivity contribution in [3.8, 4) is 17.6 Å². The second-order valence-corrected chi connectivity index (χ2v) is 9.53. The fraction of sp³-hybridized carbons (Fsp3) is 0.0833. The maximum Gasteiger partial charge on any atom is 0.272 e. The zero-order chi connectivity index (χ0) is 26.4. The fourth-order valence-corrected chi connectivity index (χ4v) is 4.46. The highest BCUT2D eigenvalue weighted by Crippen LogP contribution is 2.36. The van der Waals surface area contributed by atoms with E-state index in [1.165, 1.54) is 13.2 Å². The van der Waals surface area contributed by atoms with Crippen LogP contribution in [0, 0.1) is 25.0 Å². The largest absolute Gasteiger partial charge is 0.493 e. The lowest BCUT2D eigenvalue weighted by molar-refractivity contribution is -0.384. The van der Waals surface area contributed by atoms with Gasteiger partial charge in [0.1, 0.15) is 18.2 Å². The Bertz CT molecular complexity index is 1380. The molecule has 1 N–H and O–H groups in total. The van der Waals surface area contributed by atoms with Crippen LogP contribution < -0.4 is 14.8 Å². The number of methoxy groups -OCH3 is 1. The summed E-state index contributed by atoms with van der Waals surface area (Å²) in [5, 5.41) is 23.3. The van der Waals surface area contributed by atoms with Crippen LogP contribution in [0.1, 0.15) is 11.1 Å². The molecule has 0 aliphatic heterocycles. The van der Waals surface area contributed by atoms with Crippen LogP contribution >= 0.6 is 57.4 Å². The number of nitriles is 1. The molecule has 3 aromatic rings. The number of ether oxygens (including phenoxy) is 2. The molecule has 0 aromatic heterocycles. The molecule has 0 atom stereocenters. The summed E-state index contributed by atoms with van der Waals surface area (Å²) >= 11 is 20.1. The number of nitro benzene ring substituents is 1. The summed E-state index contributed by atoms with van der Waals surface area (Å²) in [6.45, 7) is 0.279. The first-order valence-corrected chi connectivity index (χ1v) is 12.2. The number of carbonyl (C=O) groups is 1. The standard InChI is InChI=1S/C24H15Cl3IN3O5/c1-35-21-8-14(7-20(28)23(21)36-12-13-2-4-16(25)5-3-13)6-15(11-29)24(32)30-22-18(26)9-17(31(33)34)10-19(22)27/h2-10H,12H2,1H3,(H,30,32)/b15-6+. The van der Waals surface area contributed by atoms with E-state index in [0.717, 1.165) is 17.7 Å². The van der Waals surface area contributed by atoms with Crippen molar-refractivity contribution >= 4 is 80.8 Å². The van der Waals surface area contributed by atoms with Gasteiger partial charge in [-0.05, 0) is 64.1 Å². The molecule has 0 radical (unpaired) electrons. The van der Waals surface area contributed by atoms with Crippen molar-refractivity contribution < 1.29 is 19.2 Å². The van der Waals surface area contributed by atoms with Crippen LogP contribution in [0.5, 0.6) is 11.5 Å². The van der Waals surface area contributed by atoms with Gasteiger partial charge in [0.2, 0.25) is 0 Å². The number of halogens is 4. The summed E-state index contributed by atoms with van der Waals surface area (Å²) in [5.74, 6) is 0.103. The molecule has 0 saturated carbocycles. The molecule has 3 rings (SSSR count). The van der Waals surface area contributed by atoms with Crippen molar-refractivity contribution in [2.75, 3.05) is 12.4 Å². The molecule has 1 amide bonds. The van der Waals surface area contributed by atoms with Gasteiger partial charge in [-0.3, -0.25) is 14.9 Å². The van der Waals surface area contributed by atoms with Gasteiger partial charge < -0.3 is 14.8 Å². The minimum Gasteiger partial charge on any atom is -0.493 e. The van der Waals surface area contributed by atoms with E-state index in [9.17, 15) is 20.2 Å². The van der Waals surface area contributed by atoms with Gasteiger partial charge in [0.25, 0.3) is 11.6 Å². The normalized spacial score (nSPS) is 10.9. The molecule has 0 aliphatic rings. The van der Waals surface area contributed by atoms with Crippen molar-refractivity contribution in [1.82, 2.24) is 0 Å². The Kier molecular flexibility index (Phi) is 9.39. The van der Waals surface area contributed by atoms with E-state index in [1.54, 1.807) is 24.3 Å². The molecule has 0 aliphatic carbocycles. The van der Waals surface area contributed by atoms with Crippen LogP contribution in [0.25, 0.3) is 6.08 Å². The maximum absolute atomic E-state index is 12.7. The number of hydrogen-bond donors (Lipinski definition) is 1. The highest BCUT2D eigenvalue weighted by atomic mass is 127. The molecule has 184 valence electrons. The summed E-state index contributed by atoms with van der Waals surface area (Å²) in [5.41, 5.74) is 0.774. The lowest BCUT2D eigenvalue weighted by Gasteiger charge is -2.14. The Hall–Kier alpha value is -3.04. The zero-order valence-corrected chi connectivity index (χ0v) is 22.8. The van der Waals surface area contributed by atoms with Gasteiger partial charge in [-0.2, -0.15) is 5.26 Å². The second-order valence-electron chi connectivity index (χ2n) is 7.11. The number of carbonyl (C=O) groups excluding carboxylic acids is 1. The van der Waals surface area contributed by atoms with Crippen LogP contribution in [0.4, 0.5) is 11.4 Å². The van der Waals surface area contributed by atoms with Crippen LogP contribution in [0.3, 0.4) is 0 Å². The van der Waals surface area contributed by atoms with Gasteiger partial charge in [0, 0.05) is 17.2 Å². The van der Waals surface area contributed by atoms with Gasteiger partial charge in [-0.15, -0.1) is 0 Å². The number of amides is 1. The third kappa shape index (κ3) is 6.79. The molecular weight excluding hydrogens is 644 g/mol. The molecule has 0 unspecified atom stereocenters. The predicted molar refractivity (Wildman–Crippen MR) is 147 cm³/mol. The van der Waals surface area contributed by atoms with Gasteiger partial charge in [-0.1, -0.05) is 46.9 Å². The number of nitrogens with one attached hydrogen (secondary N) is 1. The molecule has 12 heteroatoms. The summed E-state index contributed by atoms with van der Waals surface area (Å²) in [6.07, 6.45) is 1.36. The van der Waals surface area contributed by atoms with E-state index in [1.807, 2.05) is 18.2 Å². The first kappa shape index (κ1) is 27.5. The second kappa shape index (κ2) is 12.3. The highest BCUT2D eigenvalue weighted by Gasteiger charge is 2.19. The van der Waals surface area contributed by atoms with E-state index in [0.29, 0.717) is 25.7 Å². The molecule has 0 fully saturated rings. The molecule has 0 spiro atoms. The lowest BCUT2D eigenvalue weighted by Crippen LogP contribution is -2.14. The minimum atomic E-state index is -0.799. The van der Waals surface area contributed by atoms with Crippen LogP contribution in [0.2, 0.25) is 15.1 Å². The average molecular weight is 659 g/mol. The van der Waals surface area contributed by atoms with Gasteiger partial charge in [-0.25, -0.2) is 0 Å². The molecular formula is C24H15Cl3IN3O5. The van der Waals surface area contributed by atoms with E-state index in [-0.39, 0.29) is 33.6 Å². The number of non-ortho nitro benzene ring substituents is 1. The minimum absolute atomic E-state index is 0.0480. The third-order valence-electron chi connectivity index (χ3n) is 4.70. The number of rotatable bonds is 8. The van der Waals surface area contributed by atoms with Crippen molar-refractivity contribution in [1.29, 1.82) is 5.26 Å². The molecule has 0 bridgehead atoms. The Morgan fingerprint density at radius 2 is 1.81 bits per heavy atom. The molecule has 0 saturated heterocycles. The van der Waals surface area contributed by atoms with Crippen molar-refractivity contribution in [3.05, 3.63) is 94.0 Å². The SMILES string of the molecule is COc1cc(/C=C(\C#N)C(=O)Nc2c(Cl)cc([N+](=O)[O-])cc2Cl)cc(I)c1OCc1ccc(Cl)cc1. The van der Waals surface area contributed by atoms with Crippen molar-refractivity contribution in [2.24, 2.45) is 0 Å². The fourth-order valence-electron chi connectivity index (χ4n) is 2.98. The monoisotopic (exact) mass is 657 g/mol. The van der Waals surface area contributed by atoms with Gasteiger partial charge >= 0.3 is 0 Å². The van der Waals surface area contributed by atoms with Gasteiger partial charge in [0.15, 0.2) is 11.5 Å². The van der Waals surface area contributed by atoms with Gasteiger partial charge in [0.05, 0.1) is 31.3 Å². The average Bonchev–Trinajstić information content (AvgIpc) is 2.84. The third-order valence-corrected chi connectivity index (χ3v) is 6.35.